The Morgan fingerprint density at radius 3 is 2.23 bits per heavy atom. The smallest absolute Gasteiger partial charge is 0.255 e. The van der Waals surface area contributed by atoms with Crippen LogP contribution in [0.15, 0.2) is 71.2 Å². The van der Waals surface area contributed by atoms with Gasteiger partial charge in [0.15, 0.2) is 5.78 Å². The fraction of sp³-hybridized carbons (Fsp3) is 0.167. The van der Waals surface area contributed by atoms with E-state index in [-0.39, 0.29) is 11.7 Å². The third kappa shape index (κ3) is 4.91. The normalized spacial score (nSPS) is 10.5. The zero-order valence-corrected chi connectivity index (χ0v) is 19.1. The number of halogens is 2. The van der Waals surface area contributed by atoms with Crippen molar-refractivity contribution in [3.63, 3.8) is 0 Å². The Morgan fingerprint density at radius 2 is 1.60 bits per heavy atom. The summed E-state index contributed by atoms with van der Waals surface area (Å²) in [6.07, 6.45) is 0. The molecule has 6 heteroatoms. The molecule has 1 amide bonds. The number of amides is 1. The predicted octanol–water partition coefficient (Wildman–Crippen LogP) is 6.43. The lowest BCUT2D eigenvalue weighted by Crippen LogP contribution is -2.22. The average molecular weight is 486 g/mol. The minimum Gasteiger partial charge on any atom is -0.372 e. The first kappa shape index (κ1) is 22.1. The van der Waals surface area contributed by atoms with Crippen LogP contribution in [0, 0.1) is 0 Å². The summed E-state index contributed by atoms with van der Waals surface area (Å²) in [7, 11) is 0. The van der Waals surface area contributed by atoms with Gasteiger partial charge in [-0.2, -0.15) is 0 Å². The summed E-state index contributed by atoms with van der Waals surface area (Å²) in [6, 6.07) is 19.5. The van der Waals surface area contributed by atoms with Gasteiger partial charge in [0.1, 0.15) is 0 Å². The Hall–Kier alpha value is -2.63. The van der Waals surface area contributed by atoms with Crippen molar-refractivity contribution in [3.05, 3.63) is 92.9 Å². The third-order valence-electron chi connectivity index (χ3n) is 4.85. The van der Waals surface area contributed by atoms with E-state index in [1.54, 1.807) is 54.6 Å². The summed E-state index contributed by atoms with van der Waals surface area (Å²) in [5.41, 5.74) is 2.77. The van der Waals surface area contributed by atoms with E-state index in [1.165, 1.54) is 0 Å². The summed E-state index contributed by atoms with van der Waals surface area (Å²) in [4.78, 5) is 28.1. The molecule has 0 radical (unpaired) electrons. The molecule has 3 aromatic carbocycles. The van der Waals surface area contributed by atoms with E-state index in [9.17, 15) is 9.59 Å². The maximum absolute atomic E-state index is 13.1. The van der Waals surface area contributed by atoms with Gasteiger partial charge in [0, 0.05) is 39.9 Å². The number of carbonyl (C=O) groups excluding carboxylic acids is 2. The Labute approximate surface area is 190 Å². The van der Waals surface area contributed by atoms with Crippen LogP contribution in [0.3, 0.4) is 0 Å². The number of nitrogens with one attached hydrogen (secondary N) is 1. The third-order valence-corrected chi connectivity index (χ3v) is 5.67. The van der Waals surface area contributed by atoms with Gasteiger partial charge in [0.25, 0.3) is 5.91 Å². The number of rotatable bonds is 7. The molecular formula is C24H22BrClN2O2. The number of carbonyl (C=O) groups is 2. The molecule has 0 fully saturated rings. The standard InChI is InChI=1S/C24H22BrClN2O2/c1-3-28(4-2)18-12-9-16(10-13-18)24(30)27-22-14-11-17(25)15-20(22)23(29)19-7-5-6-8-21(19)26/h5-15H,3-4H2,1-2H3,(H,27,30). The van der Waals surface area contributed by atoms with Gasteiger partial charge >= 0.3 is 0 Å². The van der Waals surface area contributed by atoms with Crippen LogP contribution in [-0.2, 0) is 0 Å². The van der Waals surface area contributed by atoms with E-state index in [4.69, 9.17) is 11.6 Å². The molecule has 154 valence electrons. The summed E-state index contributed by atoms with van der Waals surface area (Å²) in [5.74, 6) is -0.536. The molecule has 0 unspecified atom stereocenters. The highest BCUT2D eigenvalue weighted by Gasteiger charge is 2.18. The van der Waals surface area contributed by atoms with Gasteiger partial charge in [-0.1, -0.05) is 39.7 Å². The van der Waals surface area contributed by atoms with Crippen molar-refractivity contribution in [1.29, 1.82) is 0 Å². The van der Waals surface area contributed by atoms with E-state index in [1.807, 2.05) is 12.1 Å². The summed E-state index contributed by atoms with van der Waals surface area (Å²) >= 11 is 9.60. The number of benzene rings is 3. The number of nitrogens with zero attached hydrogens (tertiary/aromatic N) is 1. The number of hydrogen-bond donors (Lipinski definition) is 1. The van der Waals surface area contributed by atoms with Crippen molar-refractivity contribution in [2.45, 2.75) is 13.8 Å². The first-order valence-corrected chi connectivity index (χ1v) is 10.9. The molecule has 3 aromatic rings. The number of ketones is 1. The molecular weight excluding hydrogens is 464 g/mol. The molecule has 0 spiro atoms. The van der Waals surface area contributed by atoms with Crippen LogP contribution >= 0.6 is 27.5 Å². The SMILES string of the molecule is CCN(CC)c1ccc(C(=O)Nc2ccc(Br)cc2C(=O)c2ccccc2Cl)cc1. The summed E-state index contributed by atoms with van der Waals surface area (Å²) < 4.78 is 0.736. The number of anilines is 2. The van der Waals surface area contributed by atoms with Crippen LogP contribution in [0.25, 0.3) is 0 Å². The van der Waals surface area contributed by atoms with Crippen LogP contribution < -0.4 is 10.2 Å². The Kier molecular flexibility index (Phi) is 7.29. The summed E-state index contributed by atoms with van der Waals surface area (Å²) in [5, 5.41) is 3.23. The summed E-state index contributed by atoms with van der Waals surface area (Å²) in [6.45, 7) is 5.98. The minimum absolute atomic E-state index is 0.255. The average Bonchev–Trinajstić information content (AvgIpc) is 2.76. The van der Waals surface area contributed by atoms with Crippen LogP contribution in [0.1, 0.15) is 40.1 Å². The highest BCUT2D eigenvalue weighted by Crippen LogP contribution is 2.27. The quantitative estimate of drug-likeness (QED) is 0.392. The molecule has 3 rings (SSSR count). The van der Waals surface area contributed by atoms with Crippen LogP contribution in [-0.4, -0.2) is 24.8 Å². The molecule has 0 aromatic heterocycles. The van der Waals surface area contributed by atoms with Crippen LogP contribution in [0.2, 0.25) is 5.02 Å². The molecule has 0 aliphatic rings. The van der Waals surface area contributed by atoms with Gasteiger partial charge in [-0.05, 0) is 68.4 Å². The first-order chi connectivity index (χ1) is 14.4. The highest BCUT2D eigenvalue weighted by atomic mass is 79.9. The van der Waals surface area contributed by atoms with Crippen molar-refractivity contribution in [3.8, 4) is 0 Å². The molecule has 0 heterocycles. The van der Waals surface area contributed by atoms with E-state index < -0.39 is 0 Å². The lowest BCUT2D eigenvalue weighted by atomic mass is 10.0. The molecule has 0 bridgehead atoms. The van der Waals surface area contributed by atoms with E-state index >= 15 is 0 Å². The van der Waals surface area contributed by atoms with Gasteiger partial charge in [0.05, 0.1) is 10.7 Å². The molecule has 0 saturated carbocycles. The van der Waals surface area contributed by atoms with Gasteiger partial charge in [-0.3, -0.25) is 9.59 Å². The predicted molar refractivity (Wildman–Crippen MR) is 127 cm³/mol. The second kappa shape index (κ2) is 9.92. The second-order valence-corrected chi connectivity index (χ2v) is 8.00. The van der Waals surface area contributed by atoms with Crippen LogP contribution in [0.4, 0.5) is 11.4 Å². The van der Waals surface area contributed by atoms with Crippen molar-refractivity contribution >= 4 is 50.6 Å². The Morgan fingerprint density at radius 1 is 0.933 bits per heavy atom. The Bertz CT molecular complexity index is 1060. The molecule has 4 nitrogen and oxygen atoms in total. The Balaban J connectivity index is 1.87. The fourth-order valence-corrected chi connectivity index (χ4v) is 3.79. The molecule has 0 aliphatic heterocycles. The molecule has 30 heavy (non-hydrogen) atoms. The van der Waals surface area contributed by atoms with Crippen molar-refractivity contribution in [1.82, 2.24) is 0 Å². The maximum atomic E-state index is 13.1. The first-order valence-electron chi connectivity index (χ1n) is 9.69. The topological polar surface area (TPSA) is 49.4 Å². The van der Waals surface area contributed by atoms with Crippen molar-refractivity contribution < 1.29 is 9.59 Å². The van der Waals surface area contributed by atoms with Gasteiger partial charge in [0.2, 0.25) is 0 Å². The lowest BCUT2D eigenvalue weighted by molar-refractivity contribution is 0.102. The van der Waals surface area contributed by atoms with Gasteiger partial charge in [-0.25, -0.2) is 0 Å². The molecule has 0 aliphatic carbocycles. The molecule has 0 saturated heterocycles. The fourth-order valence-electron chi connectivity index (χ4n) is 3.21. The van der Waals surface area contributed by atoms with Gasteiger partial charge in [-0.15, -0.1) is 0 Å². The highest BCUT2D eigenvalue weighted by molar-refractivity contribution is 9.10. The van der Waals surface area contributed by atoms with Crippen LogP contribution in [0.5, 0.6) is 0 Å². The maximum Gasteiger partial charge on any atom is 0.255 e. The monoisotopic (exact) mass is 484 g/mol. The van der Waals surface area contributed by atoms with Gasteiger partial charge < -0.3 is 10.2 Å². The zero-order chi connectivity index (χ0) is 21.7. The zero-order valence-electron chi connectivity index (χ0n) is 16.8. The lowest BCUT2D eigenvalue weighted by Gasteiger charge is -2.21. The number of hydrogen-bond acceptors (Lipinski definition) is 3. The molecule has 0 atom stereocenters. The molecule has 1 N–H and O–H groups in total. The second-order valence-electron chi connectivity index (χ2n) is 6.67. The van der Waals surface area contributed by atoms with E-state index in [2.05, 4.69) is 40.0 Å². The van der Waals surface area contributed by atoms with E-state index in [0.717, 1.165) is 23.2 Å². The van der Waals surface area contributed by atoms with Crippen molar-refractivity contribution in [2.75, 3.05) is 23.3 Å². The largest absolute Gasteiger partial charge is 0.372 e. The van der Waals surface area contributed by atoms with E-state index in [0.29, 0.717) is 27.4 Å². The van der Waals surface area contributed by atoms with Crippen molar-refractivity contribution in [2.24, 2.45) is 0 Å². The minimum atomic E-state index is -0.281.